The van der Waals surface area contributed by atoms with Gasteiger partial charge >= 0.3 is 0 Å². The molecular weight excluding hydrogens is 300 g/mol. The summed E-state index contributed by atoms with van der Waals surface area (Å²) in [5.74, 6) is -8.38. The smallest absolute Gasteiger partial charge is 0.255 e. The third kappa shape index (κ3) is 3.69. The number of hydrogen-bond donors (Lipinski definition) is 0. The van der Waals surface area contributed by atoms with Crippen LogP contribution in [0.25, 0.3) is 6.08 Å². The van der Waals surface area contributed by atoms with Gasteiger partial charge in [-0.15, -0.1) is 0 Å². The molecule has 7 heteroatoms. The third-order valence-electron chi connectivity index (χ3n) is 2.55. The number of hydrogen-bond acceptors (Lipinski definition) is 3. The number of oxime groups is 1. The van der Waals surface area contributed by atoms with Crippen molar-refractivity contribution >= 4 is 11.8 Å². The van der Waals surface area contributed by atoms with Gasteiger partial charge in [-0.3, -0.25) is 0 Å². The van der Waals surface area contributed by atoms with Crippen molar-refractivity contribution < 1.29 is 22.4 Å². The Kier molecular flexibility index (Phi) is 4.88. The zero-order valence-corrected chi connectivity index (χ0v) is 11.4. The molecule has 0 amide bonds. The summed E-state index contributed by atoms with van der Waals surface area (Å²) >= 11 is 0. The Morgan fingerprint density at radius 1 is 1.05 bits per heavy atom. The molecule has 114 valence electrons. The Labute approximate surface area is 123 Å². The number of benzene rings is 1. The maximum Gasteiger partial charge on any atom is 0.255 e. The van der Waals surface area contributed by atoms with Crippen LogP contribution in [0.3, 0.4) is 0 Å². The Balaban J connectivity index is 2.17. The highest BCUT2D eigenvalue weighted by molar-refractivity contribution is 5.95. The minimum atomic E-state index is -1.80. The summed E-state index contributed by atoms with van der Waals surface area (Å²) in [6, 6.07) is 9.17. The van der Waals surface area contributed by atoms with E-state index in [1.165, 1.54) is 13.0 Å². The van der Waals surface area contributed by atoms with E-state index in [1.807, 2.05) is 30.3 Å². The topological polar surface area (TPSA) is 34.5 Å². The van der Waals surface area contributed by atoms with Gasteiger partial charge < -0.3 is 4.84 Å². The predicted molar refractivity (Wildman–Crippen MR) is 73.3 cm³/mol. The van der Waals surface area contributed by atoms with Gasteiger partial charge in [-0.1, -0.05) is 41.6 Å². The molecule has 2 aromatic rings. The lowest BCUT2D eigenvalue weighted by molar-refractivity contribution is 0.277. The first-order chi connectivity index (χ1) is 10.5. The largest absolute Gasteiger partial charge is 0.350 e. The summed E-state index contributed by atoms with van der Waals surface area (Å²) in [4.78, 5) is 6.86. The van der Waals surface area contributed by atoms with E-state index in [0.717, 1.165) is 5.56 Å². The molecule has 3 nitrogen and oxygen atoms in total. The van der Waals surface area contributed by atoms with Crippen molar-refractivity contribution in [1.29, 1.82) is 0 Å². The van der Waals surface area contributed by atoms with Crippen LogP contribution in [0.4, 0.5) is 17.6 Å². The fraction of sp³-hybridized carbons (Fsp3) is 0.0667. The molecule has 0 saturated carbocycles. The minimum Gasteiger partial charge on any atom is -0.350 e. The Morgan fingerprint density at radius 3 is 2.23 bits per heavy atom. The highest BCUT2D eigenvalue weighted by Gasteiger charge is 2.22. The predicted octanol–water partition coefficient (Wildman–Crippen LogP) is 4.11. The summed E-state index contributed by atoms with van der Waals surface area (Å²) in [7, 11) is 0. The lowest BCUT2D eigenvalue weighted by atomic mass is 10.2. The Hall–Kier alpha value is -2.70. The van der Waals surface area contributed by atoms with E-state index in [0.29, 0.717) is 0 Å². The molecular formula is C15H10F4N2O. The molecule has 0 saturated heterocycles. The van der Waals surface area contributed by atoms with Crippen molar-refractivity contribution in [2.45, 2.75) is 6.92 Å². The number of pyridine rings is 1. The highest BCUT2D eigenvalue weighted by Crippen LogP contribution is 2.24. The molecule has 0 aliphatic heterocycles. The molecule has 0 aliphatic rings. The van der Waals surface area contributed by atoms with E-state index < -0.39 is 29.3 Å². The monoisotopic (exact) mass is 310 g/mol. The van der Waals surface area contributed by atoms with Crippen molar-refractivity contribution in [3.8, 4) is 5.75 Å². The van der Waals surface area contributed by atoms with Crippen LogP contribution in [0.1, 0.15) is 12.5 Å². The van der Waals surface area contributed by atoms with Crippen LogP contribution in [0.5, 0.6) is 5.75 Å². The summed E-state index contributed by atoms with van der Waals surface area (Å²) in [5.41, 5.74) is 1.11. The third-order valence-corrected chi connectivity index (χ3v) is 2.55. The van der Waals surface area contributed by atoms with E-state index in [1.54, 1.807) is 6.08 Å². The molecule has 0 unspecified atom stereocenters. The first-order valence-corrected chi connectivity index (χ1v) is 6.13. The molecule has 0 aliphatic carbocycles. The zero-order valence-electron chi connectivity index (χ0n) is 11.4. The standard InChI is InChI=1S/C15H10F4N2O/c1-9(7-8-10-5-3-2-4-6-10)21-22-13-11(16)14(18)20-15(19)12(13)17/h2-8H,1H3/b8-7+,21-9+. The van der Waals surface area contributed by atoms with Crippen molar-refractivity contribution in [2.24, 2.45) is 5.16 Å². The summed E-state index contributed by atoms with van der Waals surface area (Å²) in [5, 5.41) is 3.40. The minimum absolute atomic E-state index is 0.236. The van der Waals surface area contributed by atoms with Crippen molar-refractivity contribution in [2.75, 3.05) is 0 Å². The van der Waals surface area contributed by atoms with Crippen LogP contribution < -0.4 is 4.84 Å². The molecule has 1 aromatic heterocycles. The van der Waals surface area contributed by atoms with E-state index in [2.05, 4.69) is 15.0 Å². The molecule has 0 radical (unpaired) electrons. The molecule has 0 atom stereocenters. The maximum atomic E-state index is 13.3. The van der Waals surface area contributed by atoms with Gasteiger partial charge in [-0.2, -0.15) is 22.5 Å². The SMILES string of the molecule is CC(/C=C/c1ccccc1)=N\Oc1c(F)c(F)nc(F)c1F. The van der Waals surface area contributed by atoms with Gasteiger partial charge in [-0.25, -0.2) is 0 Å². The van der Waals surface area contributed by atoms with Crippen LogP contribution in [-0.2, 0) is 0 Å². The van der Waals surface area contributed by atoms with Crippen LogP contribution in [0.15, 0.2) is 41.6 Å². The van der Waals surface area contributed by atoms with Gasteiger partial charge in [0.15, 0.2) is 0 Å². The van der Waals surface area contributed by atoms with Crippen LogP contribution in [0.2, 0.25) is 0 Å². The second-order valence-corrected chi connectivity index (χ2v) is 4.22. The zero-order chi connectivity index (χ0) is 16.1. The van der Waals surface area contributed by atoms with Gasteiger partial charge in [0, 0.05) is 0 Å². The average Bonchev–Trinajstić information content (AvgIpc) is 2.52. The molecule has 1 aromatic carbocycles. The second-order valence-electron chi connectivity index (χ2n) is 4.22. The number of nitrogens with zero attached hydrogens (tertiary/aromatic N) is 2. The van der Waals surface area contributed by atoms with Crippen molar-refractivity contribution in [3.05, 3.63) is 65.5 Å². The lowest BCUT2D eigenvalue weighted by Gasteiger charge is -2.03. The van der Waals surface area contributed by atoms with Gasteiger partial charge in [0.2, 0.25) is 17.4 Å². The molecule has 1 heterocycles. The Bertz CT molecular complexity index is 704. The molecule has 2 rings (SSSR count). The lowest BCUT2D eigenvalue weighted by Crippen LogP contribution is -2.04. The number of aromatic nitrogens is 1. The van der Waals surface area contributed by atoms with Gasteiger partial charge in [0.1, 0.15) is 0 Å². The number of rotatable bonds is 4. The fourth-order valence-electron chi connectivity index (χ4n) is 1.48. The molecule has 0 spiro atoms. The maximum absolute atomic E-state index is 13.3. The molecule has 0 N–H and O–H groups in total. The molecule has 22 heavy (non-hydrogen) atoms. The first kappa shape index (κ1) is 15.7. The van der Waals surface area contributed by atoms with E-state index in [9.17, 15) is 17.6 Å². The van der Waals surface area contributed by atoms with Gasteiger partial charge in [0.25, 0.3) is 11.9 Å². The first-order valence-electron chi connectivity index (χ1n) is 6.13. The van der Waals surface area contributed by atoms with Crippen molar-refractivity contribution in [3.63, 3.8) is 0 Å². The highest BCUT2D eigenvalue weighted by atomic mass is 19.2. The molecule has 0 bridgehead atoms. The van der Waals surface area contributed by atoms with Gasteiger partial charge in [-0.05, 0) is 18.6 Å². The normalized spacial score (nSPS) is 12.0. The summed E-state index contributed by atoms with van der Waals surface area (Å²) < 4.78 is 52.3. The average molecular weight is 310 g/mol. The van der Waals surface area contributed by atoms with E-state index >= 15 is 0 Å². The molecule has 0 fully saturated rings. The summed E-state index contributed by atoms with van der Waals surface area (Å²) in [6.07, 6.45) is 3.20. The van der Waals surface area contributed by atoms with E-state index in [4.69, 9.17) is 0 Å². The summed E-state index contributed by atoms with van der Waals surface area (Å²) in [6.45, 7) is 1.49. The fourth-order valence-corrected chi connectivity index (χ4v) is 1.48. The van der Waals surface area contributed by atoms with Crippen molar-refractivity contribution in [1.82, 2.24) is 4.98 Å². The number of allylic oxidation sites excluding steroid dienone is 1. The van der Waals surface area contributed by atoms with E-state index in [-0.39, 0.29) is 5.71 Å². The van der Waals surface area contributed by atoms with Crippen LogP contribution >= 0.6 is 0 Å². The second kappa shape index (κ2) is 6.84. The quantitative estimate of drug-likeness (QED) is 0.369. The number of halogens is 4. The Morgan fingerprint density at radius 2 is 1.64 bits per heavy atom. The van der Waals surface area contributed by atoms with Crippen LogP contribution in [-0.4, -0.2) is 10.7 Å². The van der Waals surface area contributed by atoms with Crippen LogP contribution in [0, 0.1) is 23.5 Å². The van der Waals surface area contributed by atoms with Gasteiger partial charge in [0.05, 0.1) is 5.71 Å².